The number of benzene rings is 2. The second-order valence-electron chi connectivity index (χ2n) is 5.40. The summed E-state index contributed by atoms with van der Waals surface area (Å²) in [5.74, 6) is -1.87. The lowest BCUT2D eigenvalue weighted by molar-refractivity contribution is -0.143. The van der Waals surface area contributed by atoms with Crippen LogP contribution < -0.4 is 5.32 Å². The zero-order chi connectivity index (χ0) is 16.8. The number of carbonyl (C=O) groups excluding carboxylic acids is 1. The molecule has 0 spiro atoms. The van der Waals surface area contributed by atoms with Gasteiger partial charge in [-0.05, 0) is 18.1 Å². The van der Waals surface area contributed by atoms with E-state index in [9.17, 15) is 19.8 Å². The Morgan fingerprint density at radius 2 is 1.65 bits per heavy atom. The number of carboxylic acid groups (broad SMARTS) is 1. The molecule has 2 aromatic rings. The van der Waals surface area contributed by atoms with Crippen LogP contribution >= 0.6 is 0 Å². The van der Waals surface area contributed by atoms with E-state index in [0.717, 1.165) is 11.1 Å². The molecule has 0 saturated heterocycles. The summed E-state index contributed by atoms with van der Waals surface area (Å²) in [6.07, 6.45) is -1.24. The van der Waals surface area contributed by atoms with E-state index in [1.165, 1.54) is 0 Å². The molecule has 2 rings (SSSR count). The Labute approximate surface area is 134 Å². The van der Waals surface area contributed by atoms with Crippen LogP contribution in [-0.4, -0.2) is 28.1 Å². The molecule has 0 radical (unpaired) electrons. The van der Waals surface area contributed by atoms with Gasteiger partial charge < -0.3 is 15.5 Å². The highest BCUT2D eigenvalue weighted by Gasteiger charge is 2.25. The van der Waals surface area contributed by atoms with Crippen molar-refractivity contribution >= 4 is 11.9 Å². The molecule has 0 unspecified atom stereocenters. The number of nitrogens with one attached hydrogen (secondary N) is 1. The number of aliphatic carboxylic acids is 1. The van der Waals surface area contributed by atoms with Crippen LogP contribution in [0.2, 0.25) is 0 Å². The Hall–Kier alpha value is -2.66. The summed E-state index contributed by atoms with van der Waals surface area (Å²) < 4.78 is 0. The highest BCUT2D eigenvalue weighted by molar-refractivity contribution is 5.87. The van der Waals surface area contributed by atoms with Gasteiger partial charge in [0.2, 0.25) is 0 Å². The van der Waals surface area contributed by atoms with Crippen LogP contribution in [-0.2, 0) is 16.0 Å². The van der Waals surface area contributed by atoms with Crippen molar-refractivity contribution in [3.05, 3.63) is 71.3 Å². The number of carbonyl (C=O) groups is 2. The molecule has 2 atom stereocenters. The van der Waals surface area contributed by atoms with E-state index in [2.05, 4.69) is 5.32 Å². The van der Waals surface area contributed by atoms with Gasteiger partial charge in [-0.1, -0.05) is 60.2 Å². The Kier molecular flexibility index (Phi) is 5.49. The summed E-state index contributed by atoms with van der Waals surface area (Å²) in [4.78, 5) is 23.4. The Morgan fingerprint density at radius 3 is 2.22 bits per heavy atom. The van der Waals surface area contributed by atoms with Gasteiger partial charge in [-0.25, -0.2) is 4.79 Å². The first-order valence-electron chi connectivity index (χ1n) is 7.29. The molecule has 0 saturated carbocycles. The van der Waals surface area contributed by atoms with Gasteiger partial charge in [0.1, 0.15) is 6.04 Å². The van der Waals surface area contributed by atoms with Crippen LogP contribution in [0.5, 0.6) is 0 Å². The van der Waals surface area contributed by atoms with Gasteiger partial charge >= 0.3 is 5.97 Å². The number of carboxylic acids is 1. The number of amides is 1. The Bertz CT molecular complexity index is 667. The van der Waals surface area contributed by atoms with Gasteiger partial charge in [-0.2, -0.15) is 0 Å². The predicted molar refractivity (Wildman–Crippen MR) is 85.9 cm³/mol. The fourth-order valence-corrected chi connectivity index (χ4v) is 2.20. The van der Waals surface area contributed by atoms with Crippen molar-refractivity contribution in [3.63, 3.8) is 0 Å². The van der Waals surface area contributed by atoms with Gasteiger partial charge in [-0.15, -0.1) is 0 Å². The fraction of sp³-hybridized carbons (Fsp3) is 0.222. The SMILES string of the molecule is Cc1ccc(C[C@H](NC(=O)[C@@H](O)c2ccccc2)C(=O)O)cc1. The molecule has 5 heteroatoms. The Balaban J connectivity index is 2.05. The van der Waals surface area contributed by atoms with Gasteiger partial charge in [0.05, 0.1) is 0 Å². The smallest absolute Gasteiger partial charge is 0.326 e. The number of aliphatic hydroxyl groups is 1. The third-order valence-electron chi connectivity index (χ3n) is 3.54. The number of rotatable bonds is 6. The quantitative estimate of drug-likeness (QED) is 0.759. The summed E-state index contributed by atoms with van der Waals surface area (Å²) in [6.45, 7) is 1.94. The van der Waals surface area contributed by atoms with Gasteiger partial charge in [0.25, 0.3) is 5.91 Å². The summed E-state index contributed by atoms with van der Waals surface area (Å²) in [5.41, 5.74) is 2.30. The van der Waals surface area contributed by atoms with Crippen LogP contribution in [0.3, 0.4) is 0 Å². The molecule has 0 aliphatic rings. The monoisotopic (exact) mass is 313 g/mol. The summed E-state index contributed by atoms with van der Waals surface area (Å²) >= 11 is 0. The normalized spacial score (nSPS) is 13.1. The van der Waals surface area contributed by atoms with Crippen LogP contribution in [0, 0.1) is 6.92 Å². The number of aryl methyl sites for hydroxylation is 1. The fourth-order valence-electron chi connectivity index (χ4n) is 2.20. The molecule has 5 nitrogen and oxygen atoms in total. The molecule has 0 aromatic heterocycles. The molecule has 1 amide bonds. The molecular weight excluding hydrogens is 294 g/mol. The van der Waals surface area contributed by atoms with Crippen LogP contribution in [0.1, 0.15) is 22.8 Å². The highest BCUT2D eigenvalue weighted by atomic mass is 16.4. The number of aliphatic hydroxyl groups excluding tert-OH is 1. The van der Waals surface area contributed by atoms with Crippen molar-refractivity contribution in [3.8, 4) is 0 Å². The molecule has 23 heavy (non-hydrogen) atoms. The number of hydrogen-bond donors (Lipinski definition) is 3. The molecule has 0 fully saturated rings. The van der Waals surface area contributed by atoms with E-state index in [0.29, 0.717) is 5.56 Å². The first-order valence-corrected chi connectivity index (χ1v) is 7.29. The average molecular weight is 313 g/mol. The highest BCUT2D eigenvalue weighted by Crippen LogP contribution is 2.13. The maximum Gasteiger partial charge on any atom is 0.326 e. The second kappa shape index (κ2) is 7.56. The molecule has 0 aliphatic carbocycles. The second-order valence-corrected chi connectivity index (χ2v) is 5.40. The topological polar surface area (TPSA) is 86.6 Å². The van der Waals surface area contributed by atoms with Gasteiger partial charge in [0.15, 0.2) is 6.10 Å². The molecular formula is C18H19NO4. The van der Waals surface area contributed by atoms with Crippen molar-refractivity contribution in [1.29, 1.82) is 0 Å². The molecule has 0 bridgehead atoms. The van der Waals surface area contributed by atoms with Gasteiger partial charge in [-0.3, -0.25) is 4.79 Å². The van der Waals surface area contributed by atoms with Crippen LogP contribution in [0.4, 0.5) is 0 Å². The lowest BCUT2D eigenvalue weighted by Gasteiger charge is -2.17. The first-order chi connectivity index (χ1) is 11.0. The maximum absolute atomic E-state index is 12.1. The molecule has 120 valence electrons. The largest absolute Gasteiger partial charge is 0.480 e. The maximum atomic E-state index is 12.1. The third-order valence-corrected chi connectivity index (χ3v) is 3.54. The van der Waals surface area contributed by atoms with Gasteiger partial charge in [0, 0.05) is 6.42 Å². The average Bonchev–Trinajstić information content (AvgIpc) is 2.56. The van der Waals surface area contributed by atoms with E-state index < -0.39 is 24.0 Å². The van der Waals surface area contributed by atoms with E-state index >= 15 is 0 Å². The van der Waals surface area contributed by atoms with E-state index in [-0.39, 0.29) is 6.42 Å². The zero-order valence-electron chi connectivity index (χ0n) is 12.8. The summed E-state index contributed by atoms with van der Waals surface area (Å²) in [6, 6.07) is 14.7. The minimum Gasteiger partial charge on any atom is -0.480 e. The molecule has 2 aromatic carbocycles. The van der Waals surface area contributed by atoms with E-state index in [1.54, 1.807) is 30.3 Å². The standard InChI is InChI=1S/C18H19NO4/c1-12-7-9-13(10-8-12)11-15(18(22)23)19-17(21)16(20)14-5-3-2-4-6-14/h2-10,15-16,20H,11H2,1H3,(H,19,21)(H,22,23)/t15-,16-/m0/s1. The minimum atomic E-state index is -1.39. The van der Waals surface area contributed by atoms with E-state index in [4.69, 9.17) is 0 Å². The van der Waals surface area contributed by atoms with Crippen molar-refractivity contribution in [2.24, 2.45) is 0 Å². The van der Waals surface area contributed by atoms with Crippen molar-refractivity contribution < 1.29 is 19.8 Å². The minimum absolute atomic E-state index is 0.156. The molecule has 0 aliphatic heterocycles. The van der Waals surface area contributed by atoms with Crippen LogP contribution in [0.15, 0.2) is 54.6 Å². The third kappa shape index (κ3) is 4.66. The number of hydrogen-bond acceptors (Lipinski definition) is 3. The predicted octanol–water partition coefficient (Wildman–Crippen LogP) is 1.84. The lowest BCUT2D eigenvalue weighted by Crippen LogP contribution is -2.44. The molecule has 0 heterocycles. The summed E-state index contributed by atoms with van der Waals surface area (Å²) in [5, 5.41) is 21.7. The lowest BCUT2D eigenvalue weighted by atomic mass is 10.0. The molecule has 3 N–H and O–H groups in total. The Morgan fingerprint density at radius 1 is 1.04 bits per heavy atom. The zero-order valence-corrected chi connectivity index (χ0v) is 12.8. The summed E-state index contributed by atoms with van der Waals surface area (Å²) in [7, 11) is 0. The van der Waals surface area contributed by atoms with Crippen molar-refractivity contribution in [2.45, 2.75) is 25.5 Å². The first kappa shape index (κ1) is 16.7. The van der Waals surface area contributed by atoms with Crippen molar-refractivity contribution in [1.82, 2.24) is 5.32 Å². The van der Waals surface area contributed by atoms with Crippen molar-refractivity contribution in [2.75, 3.05) is 0 Å². The van der Waals surface area contributed by atoms with Crippen LogP contribution in [0.25, 0.3) is 0 Å². The van der Waals surface area contributed by atoms with E-state index in [1.807, 2.05) is 31.2 Å².